The van der Waals surface area contributed by atoms with Crippen molar-refractivity contribution in [3.8, 4) is 5.75 Å². The van der Waals surface area contributed by atoms with E-state index in [2.05, 4.69) is 5.32 Å². The van der Waals surface area contributed by atoms with Gasteiger partial charge in [-0.25, -0.2) is 8.42 Å². The van der Waals surface area contributed by atoms with E-state index in [1.807, 2.05) is 31.2 Å². The summed E-state index contributed by atoms with van der Waals surface area (Å²) in [6.07, 6.45) is 5.82. The van der Waals surface area contributed by atoms with Crippen LogP contribution in [0.1, 0.15) is 31.7 Å². The van der Waals surface area contributed by atoms with Crippen molar-refractivity contribution in [2.75, 3.05) is 25.0 Å². The molecule has 0 bridgehead atoms. The van der Waals surface area contributed by atoms with Gasteiger partial charge in [-0.3, -0.25) is 4.79 Å². The summed E-state index contributed by atoms with van der Waals surface area (Å²) < 4.78 is 32.9. The molecule has 1 N–H and O–H groups in total. The number of sulfonamides is 1. The molecule has 29 heavy (non-hydrogen) atoms. The molecule has 0 atom stereocenters. The molecule has 1 fully saturated rings. The van der Waals surface area contributed by atoms with E-state index < -0.39 is 10.0 Å². The number of nitrogens with zero attached hydrogens (tertiary/aromatic N) is 1. The molecule has 7 heteroatoms. The van der Waals surface area contributed by atoms with Gasteiger partial charge >= 0.3 is 0 Å². The van der Waals surface area contributed by atoms with Gasteiger partial charge in [-0.15, -0.1) is 0 Å². The van der Waals surface area contributed by atoms with Crippen molar-refractivity contribution < 1.29 is 17.9 Å². The first-order chi connectivity index (χ1) is 14.0. The highest BCUT2D eigenvalue weighted by molar-refractivity contribution is 7.89. The van der Waals surface area contributed by atoms with Crippen LogP contribution in [0.5, 0.6) is 5.75 Å². The topological polar surface area (TPSA) is 75.7 Å². The zero-order valence-corrected chi connectivity index (χ0v) is 17.3. The Hall–Kier alpha value is -2.64. The summed E-state index contributed by atoms with van der Waals surface area (Å²) in [5, 5.41) is 2.70. The molecule has 0 spiro atoms. The lowest BCUT2D eigenvalue weighted by Crippen LogP contribution is -2.36. The van der Waals surface area contributed by atoms with Gasteiger partial charge in [0.25, 0.3) is 0 Å². The van der Waals surface area contributed by atoms with E-state index in [0.717, 1.165) is 30.6 Å². The molecule has 6 nitrogen and oxygen atoms in total. The molecule has 1 aliphatic heterocycles. The predicted octanol–water partition coefficient (Wildman–Crippen LogP) is 3.91. The van der Waals surface area contributed by atoms with Crippen molar-refractivity contribution >= 4 is 27.7 Å². The number of benzene rings is 2. The average Bonchev–Trinajstić information content (AvgIpc) is 2.74. The van der Waals surface area contributed by atoms with Gasteiger partial charge in [-0.2, -0.15) is 4.31 Å². The summed E-state index contributed by atoms with van der Waals surface area (Å²) in [5.41, 5.74) is 1.14. The number of nitrogens with one attached hydrogen (secondary N) is 1. The van der Waals surface area contributed by atoms with Crippen LogP contribution in [0.3, 0.4) is 0 Å². The minimum atomic E-state index is -3.64. The number of piperidine rings is 1. The maximum atomic E-state index is 13.0. The number of anilines is 1. The van der Waals surface area contributed by atoms with Gasteiger partial charge in [0.05, 0.1) is 12.3 Å². The number of para-hydroxylation sites is 1. The predicted molar refractivity (Wildman–Crippen MR) is 114 cm³/mol. The average molecular weight is 415 g/mol. The van der Waals surface area contributed by atoms with Crippen molar-refractivity contribution in [3.05, 3.63) is 60.2 Å². The number of carbonyl (C=O) groups excluding carboxylic acids is 1. The second kappa shape index (κ2) is 9.71. The highest BCUT2D eigenvalue weighted by atomic mass is 32.2. The van der Waals surface area contributed by atoms with Crippen LogP contribution in [0, 0.1) is 0 Å². The standard InChI is InChI=1S/C22H26N2O4S/c1-2-28-19-13-10-18(11-14-19)12-15-22(25)23-20-8-4-5-9-21(20)29(26,27)24-16-6-3-7-17-24/h4-5,8-15H,2-3,6-7,16-17H2,1H3,(H,23,25)/b15-12+. The minimum absolute atomic E-state index is 0.129. The monoisotopic (exact) mass is 414 g/mol. The van der Waals surface area contributed by atoms with Gasteiger partial charge < -0.3 is 10.1 Å². The van der Waals surface area contributed by atoms with Crippen LogP contribution in [0.15, 0.2) is 59.5 Å². The van der Waals surface area contributed by atoms with Gasteiger partial charge in [-0.1, -0.05) is 30.7 Å². The zero-order valence-electron chi connectivity index (χ0n) is 16.5. The molecule has 1 amide bonds. The van der Waals surface area contributed by atoms with E-state index in [4.69, 9.17) is 4.74 Å². The van der Waals surface area contributed by atoms with Crippen LogP contribution < -0.4 is 10.1 Å². The molecule has 0 aliphatic carbocycles. The van der Waals surface area contributed by atoms with Crippen LogP contribution in [0.4, 0.5) is 5.69 Å². The Kier molecular flexibility index (Phi) is 7.06. The Bertz CT molecular complexity index is 963. The molecular weight excluding hydrogens is 388 g/mol. The number of ether oxygens (including phenoxy) is 1. The van der Waals surface area contributed by atoms with Gasteiger partial charge in [0.2, 0.25) is 15.9 Å². The van der Waals surface area contributed by atoms with Crippen molar-refractivity contribution in [1.82, 2.24) is 4.31 Å². The van der Waals surface area contributed by atoms with Crippen molar-refractivity contribution in [2.24, 2.45) is 0 Å². The number of hydrogen-bond acceptors (Lipinski definition) is 4. The normalized spacial score (nSPS) is 15.3. The van der Waals surface area contributed by atoms with Crippen LogP contribution in [0.25, 0.3) is 6.08 Å². The summed E-state index contributed by atoms with van der Waals surface area (Å²) in [4.78, 5) is 12.5. The fourth-order valence-corrected chi connectivity index (χ4v) is 4.89. The molecule has 154 valence electrons. The maximum Gasteiger partial charge on any atom is 0.248 e. The molecule has 0 unspecified atom stereocenters. The third-order valence-corrected chi connectivity index (χ3v) is 6.65. The van der Waals surface area contributed by atoms with E-state index in [1.54, 1.807) is 24.3 Å². The van der Waals surface area contributed by atoms with E-state index in [-0.39, 0.29) is 10.8 Å². The Morgan fingerprint density at radius 1 is 1.07 bits per heavy atom. The lowest BCUT2D eigenvalue weighted by Gasteiger charge is -2.26. The first kappa shape index (κ1) is 21.1. The van der Waals surface area contributed by atoms with E-state index in [1.165, 1.54) is 16.4 Å². The van der Waals surface area contributed by atoms with Crippen LogP contribution in [-0.2, 0) is 14.8 Å². The second-order valence-electron chi connectivity index (χ2n) is 6.79. The highest BCUT2D eigenvalue weighted by Gasteiger charge is 2.28. The fourth-order valence-electron chi connectivity index (χ4n) is 3.23. The molecular formula is C22H26N2O4S. The third kappa shape index (κ3) is 5.46. The summed E-state index contributed by atoms with van der Waals surface area (Å²) in [7, 11) is -3.64. The lowest BCUT2D eigenvalue weighted by molar-refractivity contribution is -0.111. The first-order valence-corrected chi connectivity index (χ1v) is 11.3. The van der Waals surface area contributed by atoms with Crippen LogP contribution in [-0.4, -0.2) is 38.3 Å². The Balaban J connectivity index is 1.72. The smallest absolute Gasteiger partial charge is 0.248 e. The summed E-state index contributed by atoms with van der Waals surface area (Å²) in [6.45, 7) is 3.54. The SMILES string of the molecule is CCOc1ccc(/C=C/C(=O)Nc2ccccc2S(=O)(=O)N2CCCCC2)cc1. The van der Waals surface area contributed by atoms with E-state index >= 15 is 0 Å². The Labute approximate surface area is 172 Å². The van der Waals surface area contributed by atoms with Crippen molar-refractivity contribution in [1.29, 1.82) is 0 Å². The minimum Gasteiger partial charge on any atom is -0.494 e. The summed E-state index contributed by atoms with van der Waals surface area (Å²) in [5.74, 6) is 0.381. The van der Waals surface area contributed by atoms with Gasteiger partial charge in [0, 0.05) is 19.2 Å². The largest absolute Gasteiger partial charge is 0.494 e. The van der Waals surface area contributed by atoms with Crippen LogP contribution >= 0.6 is 0 Å². The second-order valence-corrected chi connectivity index (χ2v) is 8.69. The molecule has 0 saturated carbocycles. The molecule has 3 rings (SSSR count). The van der Waals surface area contributed by atoms with E-state index in [9.17, 15) is 13.2 Å². The molecule has 2 aromatic rings. The van der Waals surface area contributed by atoms with Crippen LogP contribution in [0.2, 0.25) is 0 Å². The maximum absolute atomic E-state index is 13.0. The third-order valence-electron chi connectivity index (χ3n) is 4.70. The van der Waals surface area contributed by atoms with Crippen molar-refractivity contribution in [2.45, 2.75) is 31.1 Å². The molecule has 1 heterocycles. The number of rotatable bonds is 7. The molecule has 2 aromatic carbocycles. The molecule has 0 radical (unpaired) electrons. The fraction of sp³-hybridized carbons (Fsp3) is 0.318. The Morgan fingerprint density at radius 3 is 2.45 bits per heavy atom. The van der Waals surface area contributed by atoms with Gasteiger partial charge in [0.15, 0.2) is 0 Å². The molecule has 0 aromatic heterocycles. The lowest BCUT2D eigenvalue weighted by atomic mass is 10.2. The summed E-state index contributed by atoms with van der Waals surface area (Å²) in [6, 6.07) is 13.9. The quantitative estimate of drug-likeness (QED) is 0.697. The van der Waals surface area contributed by atoms with Crippen molar-refractivity contribution in [3.63, 3.8) is 0 Å². The summed E-state index contributed by atoms with van der Waals surface area (Å²) >= 11 is 0. The Morgan fingerprint density at radius 2 is 1.76 bits per heavy atom. The highest BCUT2D eigenvalue weighted by Crippen LogP contribution is 2.26. The van der Waals surface area contributed by atoms with E-state index in [0.29, 0.717) is 25.4 Å². The van der Waals surface area contributed by atoms with Gasteiger partial charge in [-0.05, 0) is 55.7 Å². The first-order valence-electron chi connectivity index (χ1n) is 9.82. The number of hydrogen-bond donors (Lipinski definition) is 1. The molecule has 1 aliphatic rings. The molecule has 1 saturated heterocycles. The van der Waals surface area contributed by atoms with Gasteiger partial charge in [0.1, 0.15) is 10.6 Å². The number of carbonyl (C=O) groups is 1. The number of amides is 1. The zero-order chi connectivity index (χ0) is 20.7.